The molecule has 1 aliphatic rings. The molecule has 1 aromatic heterocycles. The molecule has 0 amide bonds. The third-order valence-corrected chi connectivity index (χ3v) is 3.02. The van der Waals surface area contributed by atoms with Crippen LogP contribution in [0, 0.1) is 6.92 Å². The van der Waals surface area contributed by atoms with Crippen molar-refractivity contribution in [3.05, 3.63) is 11.8 Å². The lowest BCUT2D eigenvalue weighted by atomic mass is 10.1. The van der Waals surface area contributed by atoms with Crippen molar-refractivity contribution in [3.8, 4) is 0 Å². The van der Waals surface area contributed by atoms with E-state index in [1.165, 1.54) is 6.42 Å². The van der Waals surface area contributed by atoms with Gasteiger partial charge < -0.3 is 9.52 Å². The minimum atomic E-state index is -0.241. The Morgan fingerprint density at radius 3 is 3.00 bits per heavy atom. The third-order valence-electron chi connectivity index (χ3n) is 3.02. The van der Waals surface area contributed by atoms with E-state index in [1.54, 1.807) is 6.92 Å². The molecule has 90 valence electrons. The molecule has 2 unspecified atom stereocenters. The summed E-state index contributed by atoms with van der Waals surface area (Å²) in [7, 11) is 0. The molecule has 0 saturated carbocycles. The van der Waals surface area contributed by atoms with Crippen molar-refractivity contribution in [1.29, 1.82) is 0 Å². The number of aliphatic hydroxyl groups excluding tert-OH is 1. The van der Waals surface area contributed by atoms with E-state index in [0.29, 0.717) is 24.4 Å². The van der Waals surface area contributed by atoms with Crippen LogP contribution < -0.4 is 0 Å². The lowest BCUT2D eigenvalue weighted by molar-refractivity contribution is 0.125. The van der Waals surface area contributed by atoms with E-state index < -0.39 is 0 Å². The zero-order valence-corrected chi connectivity index (χ0v) is 9.89. The maximum absolute atomic E-state index is 9.42. The Labute approximate surface area is 95.5 Å². The molecule has 0 bridgehead atoms. The number of aliphatic hydroxyl groups is 1. The molecule has 2 atom stereocenters. The van der Waals surface area contributed by atoms with Crippen LogP contribution in [0.4, 0.5) is 0 Å². The highest BCUT2D eigenvalue weighted by atomic mass is 16.4. The molecule has 0 radical (unpaired) electrons. The molecule has 1 saturated heterocycles. The van der Waals surface area contributed by atoms with E-state index in [2.05, 4.69) is 15.1 Å². The van der Waals surface area contributed by atoms with Crippen LogP contribution in [0.25, 0.3) is 0 Å². The van der Waals surface area contributed by atoms with Gasteiger partial charge in [0, 0.05) is 13.0 Å². The standard InChI is InChI=1S/C11H19N3O2/c1-8(15)6-10-4-3-5-14(10)7-11-13-12-9(2)16-11/h8,10,15H,3-7H2,1-2H3. The highest BCUT2D eigenvalue weighted by Gasteiger charge is 2.26. The number of rotatable bonds is 4. The topological polar surface area (TPSA) is 62.4 Å². The maximum atomic E-state index is 9.42. The van der Waals surface area contributed by atoms with Crippen molar-refractivity contribution >= 4 is 0 Å². The van der Waals surface area contributed by atoms with Crippen molar-refractivity contribution in [2.45, 2.75) is 51.8 Å². The molecule has 5 nitrogen and oxygen atoms in total. The van der Waals surface area contributed by atoms with Crippen LogP contribution in [0.2, 0.25) is 0 Å². The van der Waals surface area contributed by atoms with Gasteiger partial charge >= 0.3 is 0 Å². The van der Waals surface area contributed by atoms with Crippen LogP contribution in [-0.4, -0.2) is 38.9 Å². The summed E-state index contributed by atoms with van der Waals surface area (Å²) in [4.78, 5) is 2.32. The number of hydrogen-bond donors (Lipinski definition) is 1. The van der Waals surface area contributed by atoms with E-state index in [1.807, 2.05) is 6.92 Å². The Kier molecular flexibility index (Phi) is 3.56. The molecule has 2 rings (SSSR count). The van der Waals surface area contributed by atoms with Gasteiger partial charge in [0.15, 0.2) is 0 Å². The van der Waals surface area contributed by atoms with Crippen LogP contribution in [-0.2, 0) is 6.54 Å². The normalized spacial score (nSPS) is 23.8. The van der Waals surface area contributed by atoms with E-state index in [4.69, 9.17) is 4.42 Å². The van der Waals surface area contributed by atoms with Gasteiger partial charge in [-0.1, -0.05) is 0 Å². The average molecular weight is 225 g/mol. The fourth-order valence-corrected chi connectivity index (χ4v) is 2.34. The zero-order valence-electron chi connectivity index (χ0n) is 9.89. The first kappa shape index (κ1) is 11.5. The smallest absolute Gasteiger partial charge is 0.230 e. The Bertz CT molecular complexity index is 338. The lowest BCUT2D eigenvalue weighted by Crippen LogP contribution is -2.31. The second kappa shape index (κ2) is 4.93. The second-order valence-corrected chi connectivity index (χ2v) is 4.57. The van der Waals surface area contributed by atoms with Crippen LogP contribution in [0.3, 0.4) is 0 Å². The van der Waals surface area contributed by atoms with Gasteiger partial charge in [0.2, 0.25) is 11.8 Å². The number of aryl methyl sites for hydroxylation is 1. The molecule has 1 fully saturated rings. The molecule has 0 aromatic carbocycles. The first-order chi connectivity index (χ1) is 7.65. The third kappa shape index (κ3) is 2.80. The largest absolute Gasteiger partial charge is 0.424 e. The summed E-state index contributed by atoms with van der Waals surface area (Å²) < 4.78 is 5.37. The predicted octanol–water partition coefficient (Wildman–Crippen LogP) is 1.11. The highest BCUT2D eigenvalue weighted by Crippen LogP contribution is 2.23. The van der Waals surface area contributed by atoms with Gasteiger partial charge in [-0.25, -0.2) is 0 Å². The number of hydrogen-bond acceptors (Lipinski definition) is 5. The summed E-state index contributed by atoms with van der Waals surface area (Å²) in [6, 6.07) is 0.451. The Balaban J connectivity index is 1.93. The molecular weight excluding hydrogens is 206 g/mol. The summed E-state index contributed by atoms with van der Waals surface area (Å²) >= 11 is 0. The first-order valence-corrected chi connectivity index (χ1v) is 5.86. The Hall–Kier alpha value is -0.940. The van der Waals surface area contributed by atoms with E-state index in [9.17, 15) is 5.11 Å². The minimum absolute atomic E-state index is 0.241. The van der Waals surface area contributed by atoms with Gasteiger partial charge in [-0.05, 0) is 32.7 Å². The fourth-order valence-electron chi connectivity index (χ4n) is 2.34. The molecule has 0 aliphatic carbocycles. The van der Waals surface area contributed by atoms with Crippen LogP contribution in [0.1, 0.15) is 38.0 Å². The minimum Gasteiger partial charge on any atom is -0.424 e. The molecule has 1 aliphatic heterocycles. The Morgan fingerprint density at radius 1 is 1.56 bits per heavy atom. The second-order valence-electron chi connectivity index (χ2n) is 4.57. The SMILES string of the molecule is Cc1nnc(CN2CCCC2CC(C)O)o1. The van der Waals surface area contributed by atoms with Gasteiger partial charge in [0.1, 0.15) is 0 Å². The number of likely N-dealkylation sites (tertiary alicyclic amines) is 1. The summed E-state index contributed by atoms with van der Waals surface area (Å²) in [5, 5.41) is 17.2. The van der Waals surface area contributed by atoms with Crippen LogP contribution >= 0.6 is 0 Å². The van der Waals surface area contributed by atoms with E-state index in [0.717, 1.165) is 19.4 Å². The average Bonchev–Trinajstić information content (AvgIpc) is 2.77. The van der Waals surface area contributed by atoms with Crippen molar-refractivity contribution < 1.29 is 9.52 Å². The van der Waals surface area contributed by atoms with Gasteiger partial charge in [0.05, 0.1) is 12.6 Å². The lowest BCUT2D eigenvalue weighted by Gasteiger charge is -2.23. The van der Waals surface area contributed by atoms with Crippen molar-refractivity contribution in [3.63, 3.8) is 0 Å². The van der Waals surface area contributed by atoms with Gasteiger partial charge in [0.25, 0.3) is 0 Å². The molecule has 1 N–H and O–H groups in total. The predicted molar refractivity (Wildman–Crippen MR) is 58.8 cm³/mol. The van der Waals surface area contributed by atoms with E-state index in [-0.39, 0.29) is 6.10 Å². The van der Waals surface area contributed by atoms with Crippen LogP contribution in [0.5, 0.6) is 0 Å². The Morgan fingerprint density at radius 2 is 2.38 bits per heavy atom. The molecule has 1 aromatic rings. The molecular formula is C11H19N3O2. The van der Waals surface area contributed by atoms with Crippen molar-refractivity contribution in [1.82, 2.24) is 15.1 Å². The monoisotopic (exact) mass is 225 g/mol. The van der Waals surface area contributed by atoms with Gasteiger partial charge in [-0.2, -0.15) is 0 Å². The fraction of sp³-hybridized carbons (Fsp3) is 0.818. The highest BCUT2D eigenvalue weighted by molar-refractivity contribution is 4.86. The number of nitrogens with zero attached hydrogens (tertiary/aromatic N) is 3. The molecule has 2 heterocycles. The summed E-state index contributed by atoms with van der Waals surface area (Å²) in [5.74, 6) is 1.29. The molecule has 5 heteroatoms. The van der Waals surface area contributed by atoms with Crippen molar-refractivity contribution in [2.75, 3.05) is 6.54 Å². The molecule has 16 heavy (non-hydrogen) atoms. The molecule has 0 spiro atoms. The van der Waals surface area contributed by atoms with Crippen molar-refractivity contribution in [2.24, 2.45) is 0 Å². The van der Waals surface area contributed by atoms with Gasteiger partial charge in [-0.15, -0.1) is 10.2 Å². The summed E-state index contributed by atoms with van der Waals surface area (Å²) in [5.41, 5.74) is 0. The van der Waals surface area contributed by atoms with E-state index >= 15 is 0 Å². The van der Waals surface area contributed by atoms with Gasteiger partial charge in [-0.3, -0.25) is 4.90 Å². The summed E-state index contributed by atoms with van der Waals surface area (Å²) in [6.45, 7) is 5.40. The summed E-state index contributed by atoms with van der Waals surface area (Å²) in [6.07, 6.45) is 2.92. The van der Waals surface area contributed by atoms with Crippen LogP contribution in [0.15, 0.2) is 4.42 Å². The number of aromatic nitrogens is 2. The maximum Gasteiger partial charge on any atom is 0.230 e. The first-order valence-electron chi connectivity index (χ1n) is 5.86. The quantitative estimate of drug-likeness (QED) is 0.831. The zero-order chi connectivity index (χ0) is 11.5.